The van der Waals surface area contributed by atoms with E-state index in [-0.39, 0.29) is 18.8 Å². The number of aliphatic carboxylic acids is 1. The van der Waals surface area contributed by atoms with Crippen molar-refractivity contribution in [1.82, 2.24) is 25.9 Å². The first-order chi connectivity index (χ1) is 22.6. The summed E-state index contributed by atoms with van der Waals surface area (Å²) in [6.07, 6.45) is 1.34. The molecular formula is C35H37BrClN5O5. The molecule has 3 heterocycles. The number of hydrogen-bond acceptors (Lipinski definition) is 9. The second kappa shape index (κ2) is 13.8. The van der Waals surface area contributed by atoms with Crippen molar-refractivity contribution in [3.63, 3.8) is 0 Å². The first kappa shape index (κ1) is 33.2. The van der Waals surface area contributed by atoms with Gasteiger partial charge in [0.2, 0.25) is 17.6 Å². The predicted octanol–water partition coefficient (Wildman–Crippen LogP) is 6.45. The molecule has 2 aromatic heterocycles. The first-order valence-corrected chi connectivity index (χ1v) is 16.6. The number of nitrogens with zero attached hydrogens (tertiary/aromatic N) is 2. The number of carbonyl (C=O) groups is 1. The van der Waals surface area contributed by atoms with E-state index < -0.39 is 11.5 Å². The van der Waals surface area contributed by atoms with Crippen molar-refractivity contribution in [1.29, 1.82) is 0 Å². The van der Waals surface area contributed by atoms with Crippen molar-refractivity contribution in [2.45, 2.75) is 51.0 Å². The number of carboxylic acids is 1. The number of pyridine rings is 2. The molecule has 1 aliphatic carbocycles. The number of halogens is 2. The Hall–Kier alpha value is -3.74. The highest BCUT2D eigenvalue weighted by molar-refractivity contribution is 9.10. The van der Waals surface area contributed by atoms with Crippen LogP contribution in [0.4, 0.5) is 0 Å². The lowest BCUT2D eigenvalue weighted by atomic mass is 9.94. The molecule has 0 saturated carbocycles. The minimum atomic E-state index is -1.11. The lowest BCUT2D eigenvalue weighted by Crippen LogP contribution is -2.46. The van der Waals surface area contributed by atoms with Crippen LogP contribution < -0.4 is 30.2 Å². The van der Waals surface area contributed by atoms with Crippen molar-refractivity contribution < 1.29 is 24.1 Å². The highest BCUT2D eigenvalue weighted by atomic mass is 79.9. The van der Waals surface area contributed by atoms with Crippen LogP contribution in [0.1, 0.15) is 54.8 Å². The number of rotatable bonds is 11. The SMILES string of the molecule is COc1nc(O[C@H]2CCc3c(-c4cccc(-c5ccc(C6NCCN6)c(OC)n5)c4Cl)cccc32)c(Br)cc1CNC(C)(C)C(=O)O. The van der Waals surface area contributed by atoms with E-state index in [1.807, 2.05) is 42.5 Å². The molecule has 0 unspecified atom stereocenters. The molecule has 6 rings (SSSR count). The summed E-state index contributed by atoms with van der Waals surface area (Å²) in [5.41, 5.74) is 6.34. The van der Waals surface area contributed by atoms with Gasteiger partial charge in [0.05, 0.1) is 35.6 Å². The fourth-order valence-electron chi connectivity index (χ4n) is 6.04. The maximum Gasteiger partial charge on any atom is 0.323 e. The maximum atomic E-state index is 11.5. The van der Waals surface area contributed by atoms with Crippen LogP contribution in [0.3, 0.4) is 0 Å². The summed E-state index contributed by atoms with van der Waals surface area (Å²) in [6.45, 7) is 5.24. The molecule has 1 fully saturated rings. The van der Waals surface area contributed by atoms with Gasteiger partial charge in [0.1, 0.15) is 11.6 Å². The lowest BCUT2D eigenvalue weighted by molar-refractivity contribution is -0.143. The maximum absolute atomic E-state index is 11.5. The van der Waals surface area contributed by atoms with Crippen molar-refractivity contribution >= 4 is 33.5 Å². The van der Waals surface area contributed by atoms with E-state index in [9.17, 15) is 9.90 Å². The van der Waals surface area contributed by atoms with E-state index in [2.05, 4.69) is 49.0 Å². The summed E-state index contributed by atoms with van der Waals surface area (Å²) in [6, 6.07) is 18.1. The van der Waals surface area contributed by atoms with Crippen LogP contribution in [-0.2, 0) is 17.8 Å². The third kappa shape index (κ3) is 6.68. The molecule has 1 atom stereocenters. The molecule has 47 heavy (non-hydrogen) atoms. The highest BCUT2D eigenvalue weighted by Crippen LogP contribution is 2.45. The van der Waals surface area contributed by atoms with Gasteiger partial charge >= 0.3 is 5.97 Å². The third-order valence-electron chi connectivity index (χ3n) is 8.68. The van der Waals surface area contributed by atoms with Crippen LogP contribution in [0, 0.1) is 0 Å². The van der Waals surface area contributed by atoms with Crippen molar-refractivity contribution in [2.75, 3.05) is 27.3 Å². The third-order valence-corrected chi connectivity index (χ3v) is 9.66. The summed E-state index contributed by atoms with van der Waals surface area (Å²) >= 11 is 10.7. The molecule has 0 radical (unpaired) electrons. The molecule has 0 spiro atoms. The molecule has 0 amide bonds. The molecular weight excluding hydrogens is 686 g/mol. The number of benzene rings is 2. The molecule has 1 aliphatic heterocycles. The van der Waals surface area contributed by atoms with Gasteiger partial charge in [0.15, 0.2) is 0 Å². The van der Waals surface area contributed by atoms with Gasteiger partial charge < -0.3 is 19.3 Å². The summed E-state index contributed by atoms with van der Waals surface area (Å²) in [5.74, 6) is 0.372. The van der Waals surface area contributed by atoms with E-state index in [4.69, 9.17) is 30.8 Å². The molecule has 246 valence electrons. The van der Waals surface area contributed by atoms with Gasteiger partial charge in [-0.1, -0.05) is 48.0 Å². The fourth-order valence-corrected chi connectivity index (χ4v) is 6.83. The lowest BCUT2D eigenvalue weighted by Gasteiger charge is -2.22. The fraction of sp³-hybridized carbons (Fsp3) is 0.343. The Morgan fingerprint density at radius 3 is 2.40 bits per heavy atom. The molecule has 2 aliphatic rings. The van der Waals surface area contributed by atoms with Crippen LogP contribution in [0.25, 0.3) is 22.4 Å². The van der Waals surface area contributed by atoms with Crippen molar-refractivity contribution in [2.24, 2.45) is 0 Å². The number of methoxy groups -OCH3 is 2. The number of nitrogens with one attached hydrogen (secondary N) is 3. The monoisotopic (exact) mass is 721 g/mol. The second-order valence-electron chi connectivity index (χ2n) is 12.0. The van der Waals surface area contributed by atoms with Crippen LogP contribution >= 0.6 is 27.5 Å². The highest BCUT2D eigenvalue weighted by Gasteiger charge is 2.30. The van der Waals surface area contributed by atoms with E-state index in [0.717, 1.165) is 59.4 Å². The molecule has 0 bridgehead atoms. The Labute approximate surface area is 287 Å². The molecule has 2 aromatic carbocycles. The van der Waals surface area contributed by atoms with Gasteiger partial charge in [0.25, 0.3) is 0 Å². The normalized spacial score (nSPS) is 16.3. The van der Waals surface area contributed by atoms with E-state index in [0.29, 0.717) is 32.7 Å². The van der Waals surface area contributed by atoms with Crippen LogP contribution in [-0.4, -0.2) is 53.9 Å². The zero-order valence-electron chi connectivity index (χ0n) is 26.6. The molecule has 4 aromatic rings. The Morgan fingerprint density at radius 1 is 0.979 bits per heavy atom. The first-order valence-electron chi connectivity index (χ1n) is 15.4. The zero-order chi connectivity index (χ0) is 33.3. The van der Waals surface area contributed by atoms with E-state index in [1.54, 1.807) is 21.0 Å². The standard InChI is InChI=1S/C35H37BrClN5O5/c1-35(2,34(43)44)40-18-19-17-26(36)33(42-31(19)45-3)47-28-14-12-21-20(7-5-8-22(21)28)23-9-6-10-24(29(23)37)27-13-11-25(32(41-27)46-4)30-38-15-16-39-30/h5-11,13,17,28,30,38-40H,12,14-16,18H2,1-4H3,(H,43,44)/t28-/m0/s1. The minimum Gasteiger partial charge on any atom is -0.481 e. The Balaban J connectivity index is 1.27. The summed E-state index contributed by atoms with van der Waals surface area (Å²) in [5, 5.41) is 19.9. The van der Waals surface area contributed by atoms with Gasteiger partial charge in [-0.15, -0.1) is 0 Å². The number of fused-ring (bicyclic) bond motifs is 1. The van der Waals surface area contributed by atoms with Crippen LogP contribution in [0.15, 0.2) is 59.1 Å². The molecule has 4 N–H and O–H groups in total. The Kier molecular flexibility index (Phi) is 9.72. The Morgan fingerprint density at radius 2 is 1.68 bits per heavy atom. The summed E-state index contributed by atoms with van der Waals surface area (Å²) < 4.78 is 18.4. The number of hydrogen-bond donors (Lipinski definition) is 4. The summed E-state index contributed by atoms with van der Waals surface area (Å²) in [4.78, 5) is 21.0. The van der Waals surface area contributed by atoms with Crippen molar-refractivity contribution in [3.8, 4) is 40.0 Å². The largest absolute Gasteiger partial charge is 0.481 e. The smallest absolute Gasteiger partial charge is 0.323 e. The number of ether oxygens (including phenoxy) is 3. The van der Waals surface area contributed by atoms with Gasteiger partial charge in [-0.25, -0.2) is 4.98 Å². The van der Waals surface area contributed by atoms with Gasteiger partial charge in [-0.2, -0.15) is 4.98 Å². The molecule has 1 saturated heterocycles. The average molecular weight is 723 g/mol. The second-order valence-corrected chi connectivity index (χ2v) is 13.3. The van der Waals surface area contributed by atoms with Gasteiger partial charge in [0, 0.05) is 41.9 Å². The molecule has 10 nitrogen and oxygen atoms in total. The predicted molar refractivity (Wildman–Crippen MR) is 184 cm³/mol. The number of aromatic nitrogens is 2. The van der Waals surface area contributed by atoms with Gasteiger partial charge in [-0.3, -0.25) is 20.7 Å². The van der Waals surface area contributed by atoms with Crippen molar-refractivity contribution in [3.05, 3.63) is 86.3 Å². The average Bonchev–Trinajstić information content (AvgIpc) is 3.75. The number of carboxylic acid groups (broad SMARTS) is 1. The topological polar surface area (TPSA) is 127 Å². The van der Waals surface area contributed by atoms with Gasteiger partial charge in [-0.05, 0) is 77.5 Å². The van der Waals surface area contributed by atoms with Crippen LogP contribution in [0.5, 0.6) is 17.6 Å². The summed E-state index contributed by atoms with van der Waals surface area (Å²) in [7, 11) is 3.16. The zero-order valence-corrected chi connectivity index (χ0v) is 29.0. The quantitative estimate of drug-likeness (QED) is 0.137. The van der Waals surface area contributed by atoms with Crippen LogP contribution in [0.2, 0.25) is 5.02 Å². The van der Waals surface area contributed by atoms with E-state index in [1.165, 1.54) is 12.7 Å². The van der Waals surface area contributed by atoms with E-state index >= 15 is 0 Å². The molecule has 12 heteroatoms. The Bertz CT molecular complexity index is 1810. The minimum absolute atomic E-state index is 0.00143.